The summed E-state index contributed by atoms with van der Waals surface area (Å²) in [7, 11) is 0. The summed E-state index contributed by atoms with van der Waals surface area (Å²) in [5.41, 5.74) is 3.00. The number of Topliss-reactive ketones (excluding diaryl/α,β-unsaturated/α-hetero) is 2. The Morgan fingerprint density at radius 1 is 0.941 bits per heavy atom. The molecule has 3 rings (SSSR count). The topological polar surface area (TPSA) is 34.1 Å². The molecule has 0 unspecified atom stereocenters. The van der Waals surface area contributed by atoms with Gasteiger partial charge in [0.05, 0.1) is 0 Å². The molecule has 2 aliphatic carbocycles. The molecule has 1 aromatic carbocycles. The first-order valence-electron chi connectivity index (χ1n) is 5.46. The Labute approximate surface area is 99.0 Å². The molecular weight excluding hydrogens is 212 g/mol. The van der Waals surface area contributed by atoms with Gasteiger partial charge in [0.2, 0.25) is 0 Å². The first-order chi connectivity index (χ1) is 8.18. The van der Waals surface area contributed by atoms with E-state index < -0.39 is 0 Å². The second kappa shape index (κ2) is 3.39. The molecule has 0 saturated carbocycles. The quantitative estimate of drug-likeness (QED) is 0.676. The van der Waals surface area contributed by atoms with E-state index in [1.54, 1.807) is 36.4 Å². The summed E-state index contributed by atoms with van der Waals surface area (Å²) in [6, 6.07) is 6.97. The minimum absolute atomic E-state index is 0.0410. The summed E-state index contributed by atoms with van der Waals surface area (Å²) in [4.78, 5) is 24.5. The van der Waals surface area contributed by atoms with Crippen LogP contribution in [0.4, 0.5) is 0 Å². The molecule has 1 aromatic rings. The van der Waals surface area contributed by atoms with E-state index in [0.717, 1.165) is 5.57 Å². The highest BCUT2D eigenvalue weighted by Gasteiger charge is 2.31. The van der Waals surface area contributed by atoms with E-state index in [-0.39, 0.29) is 11.6 Å². The highest BCUT2D eigenvalue weighted by atomic mass is 16.1. The lowest BCUT2D eigenvalue weighted by molar-refractivity contribution is 0.0975. The molecule has 0 radical (unpaired) electrons. The molecule has 0 atom stereocenters. The molecule has 0 heterocycles. The summed E-state index contributed by atoms with van der Waals surface area (Å²) >= 11 is 0. The molecule has 0 aliphatic heterocycles. The van der Waals surface area contributed by atoms with Gasteiger partial charge in [-0.15, -0.1) is 0 Å². The maximum absolute atomic E-state index is 12.3. The Morgan fingerprint density at radius 3 is 2.29 bits per heavy atom. The van der Waals surface area contributed by atoms with E-state index in [2.05, 4.69) is 6.58 Å². The van der Waals surface area contributed by atoms with Gasteiger partial charge < -0.3 is 0 Å². The van der Waals surface area contributed by atoms with Crippen molar-refractivity contribution in [3.8, 4) is 0 Å². The van der Waals surface area contributed by atoms with Gasteiger partial charge in [-0.05, 0) is 0 Å². The zero-order valence-corrected chi connectivity index (χ0v) is 9.19. The zero-order chi connectivity index (χ0) is 12.0. The molecule has 2 aliphatic rings. The Kier molecular flexibility index (Phi) is 1.99. The normalized spacial score (nSPS) is 18.2. The van der Waals surface area contributed by atoms with Gasteiger partial charge >= 0.3 is 0 Å². The highest BCUT2D eigenvalue weighted by Crippen LogP contribution is 2.33. The number of ketones is 2. The average Bonchev–Trinajstić information content (AvgIpc) is 2.36. The van der Waals surface area contributed by atoms with Crippen LogP contribution in [-0.4, -0.2) is 11.6 Å². The molecule has 0 spiro atoms. The first kappa shape index (κ1) is 9.97. The predicted molar refractivity (Wildman–Crippen MR) is 65.0 cm³/mol. The van der Waals surface area contributed by atoms with Gasteiger partial charge in [-0.25, -0.2) is 0 Å². The van der Waals surface area contributed by atoms with E-state index in [1.807, 2.05) is 0 Å². The minimum atomic E-state index is -0.0565. The fraction of sp³-hybridized carbons (Fsp3) is 0.0667. The van der Waals surface area contributed by atoms with Crippen molar-refractivity contribution in [1.29, 1.82) is 0 Å². The smallest absolute Gasteiger partial charge is 0.194 e. The van der Waals surface area contributed by atoms with Gasteiger partial charge in [-0.2, -0.15) is 0 Å². The maximum Gasteiger partial charge on any atom is 0.194 e. The Hall–Kier alpha value is -2.22. The first-order valence-corrected chi connectivity index (χ1v) is 5.46. The number of allylic oxidation sites excluding steroid dienone is 5. The van der Waals surface area contributed by atoms with Crippen LogP contribution in [0.1, 0.15) is 27.1 Å². The van der Waals surface area contributed by atoms with E-state index in [1.165, 1.54) is 0 Å². The van der Waals surface area contributed by atoms with Crippen LogP contribution in [-0.2, 0) is 0 Å². The van der Waals surface area contributed by atoms with Crippen molar-refractivity contribution >= 4 is 11.6 Å². The maximum atomic E-state index is 12.3. The van der Waals surface area contributed by atoms with Crippen LogP contribution in [0.3, 0.4) is 0 Å². The number of benzene rings is 1. The molecule has 0 saturated heterocycles. The van der Waals surface area contributed by atoms with Crippen LogP contribution < -0.4 is 0 Å². The summed E-state index contributed by atoms with van der Waals surface area (Å²) < 4.78 is 0. The molecule has 0 bridgehead atoms. The van der Waals surface area contributed by atoms with Crippen LogP contribution in [0.25, 0.3) is 0 Å². The number of hydrogen-bond donors (Lipinski definition) is 0. The Morgan fingerprint density at radius 2 is 1.59 bits per heavy atom. The summed E-state index contributed by atoms with van der Waals surface area (Å²) in [6.45, 7) is 3.84. The van der Waals surface area contributed by atoms with Crippen molar-refractivity contribution in [2.45, 2.75) is 6.42 Å². The van der Waals surface area contributed by atoms with Crippen LogP contribution >= 0.6 is 0 Å². The molecule has 0 fully saturated rings. The number of carbonyl (C=O) groups is 2. The summed E-state index contributed by atoms with van der Waals surface area (Å²) in [5, 5.41) is 0. The largest absolute Gasteiger partial charge is 0.289 e. The van der Waals surface area contributed by atoms with Gasteiger partial charge in [0, 0.05) is 28.7 Å². The standard InChI is InChI=1S/C15H10O2/c1-9-6-7-12-13(8-9)15(17)11-5-3-2-4-10(11)14(12)16/h2-7H,1,8H2. The number of rotatable bonds is 0. The molecule has 2 heteroatoms. The lowest BCUT2D eigenvalue weighted by Crippen LogP contribution is -2.22. The van der Waals surface area contributed by atoms with Crippen molar-refractivity contribution in [3.05, 3.63) is 70.8 Å². The second-order valence-electron chi connectivity index (χ2n) is 4.26. The van der Waals surface area contributed by atoms with Crippen LogP contribution in [0, 0.1) is 0 Å². The fourth-order valence-electron chi connectivity index (χ4n) is 2.29. The third-order valence-electron chi connectivity index (χ3n) is 3.15. The van der Waals surface area contributed by atoms with Gasteiger partial charge in [0.1, 0.15) is 0 Å². The molecule has 82 valence electrons. The van der Waals surface area contributed by atoms with E-state index >= 15 is 0 Å². The van der Waals surface area contributed by atoms with Crippen molar-refractivity contribution in [1.82, 2.24) is 0 Å². The minimum Gasteiger partial charge on any atom is -0.289 e. The molecule has 0 N–H and O–H groups in total. The van der Waals surface area contributed by atoms with E-state index in [9.17, 15) is 9.59 Å². The molecule has 0 aromatic heterocycles. The van der Waals surface area contributed by atoms with Crippen LogP contribution in [0.15, 0.2) is 59.7 Å². The summed E-state index contributed by atoms with van der Waals surface area (Å²) in [6.07, 6.45) is 3.99. The third-order valence-corrected chi connectivity index (χ3v) is 3.15. The number of carbonyl (C=O) groups excluding carboxylic acids is 2. The fourth-order valence-corrected chi connectivity index (χ4v) is 2.29. The number of hydrogen-bond acceptors (Lipinski definition) is 2. The molecule has 0 amide bonds. The average molecular weight is 222 g/mol. The predicted octanol–water partition coefficient (Wildman–Crippen LogP) is 2.88. The highest BCUT2D eigenvalue weighted by molar-refractivity contribution is 6.28. The lowest BCUT2D eigenvalue weighted by atomic mass is 9.79. The zero-order valence-electron chi connectivity index (χ0n) is 9.19. The van der Waals surface area contributed by atoms with Crippen molar-refractivity contribution in [2.75, 3.05) is 0 Å². The van der Waals surface area contributed by atoms with E-state index in [4.69, 9.17) is 0 Å². The van der Waals surface area contributed by atoms with Gasteiger partial charge in [-0.1, -0.05) is 48.6 Å². The summed E-state index contributed by atoms with van der Waals surface area (Å²) in [5.74, 6) is -0.0975. The number of fused-ring (bicyclic) bond motifs is 1. The molecule has 2 nitrogen and oxygen atoms in total. The van der Waals surface area contributed by atoms with Crippen molar-refractivity contribution in [2.24, 2.45) is 0 Å². The lowest BCUT2D eigenvalue weighted by Gasteiger charge is -2.22. The second-order valence-corrected chi connectivity index (χ2v) is 4.26. The van der Waals surface area contributed by atoms with Crippen LogP contribution in [0.2, 0.25) is 0 Å². The Balaban J connectivity index is 2.25. The van der Waals surface area contributed by atoms with Gasteiger partial charge in [-0.3, -0.25) is 9.59 Å². The van der Waals surface area contributed by atoms with Crippen LogP contribution in [0.5, 0.6) is 0 Å². The molecular formula is C15H10O2. The Bertz CT molecular complexity index is 630. The SMILES string of the molecule is C=C1C=CC2=C(C1)C(=O)c1ccccc1C2=O. The van der Waals surface area contributed by atoms with Crippen molar-refractivity contribution < 1.29 is 9.59 Å². The molecule has 17 heavy (non-hydrogen) atoms. The van der Waals surface area contributed by atoms with Crippen molar-refractivity contribution in [3.63, 3.8) is 0 Å². The monoisotopic (exact) mass is 222 g/mol. The van der Waals surface area contributed by atoms with E-state index in [0.29, 0.717) is 28.7 Å². The van der Waals surface area contributed by atoms with Gasteiger partial charge in [0.15, 0.2) is 11.6 Å². The van der Waals surface area contributed by atoms with Gasteiger partial charge in [0.25, 0.3) is 0 Å². The third kappa shape index (κ3) is 1.34.